The van der Waals surface area contributed by atoms with Crippen LogP contribution in [0.2, 0.25) is 0 Å². The number of carbonyl (C=O) groups is 1. The van der Waals surface area contributed by atoms with Gasteiger partial charge in [0, 0.05) is 23.8 Å². The van der Waals surface area contributed by atoms with E-state index >= 15 is 0 Å². The summed E-state index contributed by atoms with van der Waals surface area (Å²) in [7, 11) is 0. The van der Waals surface area contributed by atoms with E-state index in [1.54, 1.807) is 0 Å². The minimum atomic E-state index is -4.40. The van der Waals surface area contributed by atoms with Gasteiger partial charge in [0.25, 0.3) is 0 Å². The molecule has 3 fully saturated rings. The zero-order valence-corrected chi connectivity index (χ0v) is 15.8. The number of fused-ring (bicyclic) bond motifs is 1. The molecule has 0 radical (unpaired) electrons. The molecule has 154 valence electrons. The van der Waals surface area contributed by atoms with Gasteiger partial charge in [-0.15, -0.1) is 0 Å². The van der Waals surface area contributed by atoms with Crippen molar-refractivity contribution in [2.45, 2.75) is 38.4 Å². The number of anilines is 2. The predicted molar refractivity (Wildman–Crippen MR) is 101 cm³/mol. The Labute approximate surface area is 165 Å². The van der Waals surface area contributed by atoms with Crippen LogP contribution in [0.4, 0.5) is 29.1 Å². The number of benzene rings is 1. The van der Waals surface area contributed by atoms with Gasteiger partial charge < -0.3 is 10.6 Å². The molecule has 3 aliphatic rings. The van der Waals surface area contributed by atoms with Crippen molar-refractivity contribution in [3.63, 3.8) is 0 Å². The van der Waals surface area contributed by atoms with Crippen molar-refractivity contribution in [1.82, 2.24) is 4.98 Å². The molecule has 2 bridgehead atoms. The van der Waals surface area contributed by atoms with Crippen LogP contribution in [-0.4, -0.2) is 16.9 Å². The smallest absolute Gasteiger partial charge is 0.367 e. The van der Waals surface area contributed by atoms with Gasteiger partial charge in [0.1, 0.15) is 11.6 Å². The summed E-state index contributed by atoms with van der Waals surface area (Å²) >= 11 is 0. The number of hydrogen-bond donors (Lipinski definition) is 2. The van der Waals surface area contributed by atoms with Crippen molar-refractivity contribution >= 4 is 17.4 Å². The zero-order valence-electron chi connectivity index (χ0n) is 15.8. The lowest BCUT2D eigenvalue weighted by molar-refractivity contribution is -0.137. The summed E-state index contributed by atoms with van der Waals surface area (Å²) in [6.07, 6.45) is -1.03. The van der Waals surface area contributed by atoms with Crippen molar-refractivity contribution in [3.05, 3.63) is 54.0 Å². The van der Waals surface area contributed by atoms with Gasteiger partial charge in [0.05, 0.1) is 5.56 Å². The highest BCUT2D eigenvalue weighted by Gasteiger charge is 2.59. The second-order valence-electron chi connectivity index (χ2n) is 8.13. The maximum absolute atomic E-state index is 13.0. The van der Waals surface area contributed by atoms with Crippen LogP contribution in [-0.2, 0) is 11.0 Å². The largest absolute Gasteiger partial charge is 0.417 e. The number of amides is 1. The number of aromatic nitrogens is 1. The third-order valence-electron chi connectivity index (χ3n) is 6.38. The molecule has 29 heavy (non-hydrogen) atoms. The van der Waals surface area contributed by atoms with E-state index in [2.05, 4.69) is 15.6 Å². The molecule has 0 saturated heterocycles. The Hall–Kier alpha value is -2.64. The number of nitrogens with one attached hydrogen (secondary N) is 2. The molecule has 1 aromatic heterocycles. The van der Waals surface area contributed by atoms with Gasteiger partial charge in [-0.3, -0.25) is 4.79 Å². The molecule has 3 saturated carbocycles. The lowest BCUT2D eigenvalue weighted by Gasteiger charge is -2.42. The Morgan fingerprint density at radius 3 is 2.41 bits per heavy atom. The lowest BCUT2D eigenvalue weighted by Crippen LogP contribution is -2.41. The molecule has 2 unspecified atom stereocenters. The first kappa shape index (κ1) is 19.7. The van der Waals surface area contributed by atoms with Crippen molar-refractivity contribution < 1.29 is 22.4 Å². The molecule has 4 nitrogen and oxygen atoms in total. The Morgan fingerprint density at radius 2 is 1.83 bits per heavy atom. The van der Waals surface area contributed by atoms with Gasteiger partial charge in [-0.1, -0.05) is 6.92 Å². The number of carbonyl (C=O) groups excluding carboxylic acids is 1. The van der Waals surface area contributed by atoms with Crippen LogP contribution in [0.15, 0.2) is 42.6 Å². The fraction of sp³-hybridized carbons (Fsp3) is 0.429. The summed E-state index contributed by atoms with van der Waals surface area (Å²) in [6.45, 7) is 1.90. The van der Waals surface area contributed by atoms with Crippen LogP contribution in [0.1, 0.15) is 31.7 Å². The SMILES string of the molecule is CC(C(=O)Nc1ccc(F)cc1)C12CC(C1)C(Nc1ccc(C(F)(F)F)cn1)C2. The van der Waals surface area contributed by atoms with Crippen LogP contribution in [0.25, 0.3) is 0 Å². The monoisotopic (exact) mass is 407 g/mol. The Bertz CT molecular complexity index is 890. The molecule has 0 spiro atoms. The summed E-state index contributed by atoms with van der Waals surface area (Å²) in [5, 5.41) is 6.07. The molecule has 1 aromatic carbocycles. The summed E-state index contributed by atoms with van der Waals surface area (Å²) in [4.78, 5) is 16.6. The summed E-state index contributed by atoms with van der Waals surface area (Å²) in [5.74, 6) is 0.0897. The molecule has 1 heterocycles. The molecular weight excluding hydrogens is 386 g/mol. The fourth-order valence-electron chi connectivity index (χ4n) is 4.64. The molecule has 0 aliphatic heterocycles. The molecule has 3 aliphatic carbocycles. The van der Waals surface area contributed by atoms with Crippen LogP contribution in [0.5, 0.6) is 0 Å². The van der Waals surface area contributed by atoms with Crippen molar-refractivity contribution in [1.29, 1.82) is 0 Å². The quantitative estimate of drug-likeness (QED) is 0.679. The molecule has 2 aromatic rings. The Balaban J connectivity index is 1.37. The molecule has 8 heteroatoms. The second-order valence-corrected chi connectivity index (χ2v) is 8.13. The number of pyridine rings is 1. The van der Waals surface area contributed by atoms with E-state index in [1.807, 2.05) is 6.92 Å². The normalized spacial score (nSPS) is 26.5. The minimum Gasteiger partial charge on any atom is -0.367 e. The molecule has 1 amide bonds. The van der Waals surface area contributed by atoms with E-state index in [4.69, 9.17) is 0 Å². The van der Waals surface area contributed by atoms with Crippen molar-refractivity contribution in [2.75, 3.05) is 10.6 Å². The summed E-state index contributed by atoms with van der Waals surface area (Å²) < 4.78 is 51.0. The predicted octanol–water partition coefficient (Wildman–Crippen LogP) is 5.09. The minimum absolute atomic E-state index is 0.0836. The third-order valence-corrected chi connectivity index (χ3v) is 6.38. The number of alkyl halides is 3. The molecular formula is C21H21F4N3O. The number of halogens is 4. The first-order valence-corrected chi connectivity index (χ1v) is 9.52. The molecule has 2 atom stereocenters. The first-order valence-electron chi connectivity index (χ1n) is 9.52. The lowest BCUT2D eigenvalue weighted by atomic mass is 9.62. The van der Waals surface area contributed by atoms with E-state index in [9.17, 15) is 22.4 Å². The number of hydrogen-bond acceptors (Lipinski definition) is 3. The van der Waals surface area contributed by atoms with Crippen LogP contribution in [0, 0.1) is 23.1 Å². The van der Waals surface area contributed by atoms with Gasteiger partial charge in [0.2, 0.25) is 5.91 Å². The van der Waals surface area contributed by atoms with E-state index in [0.717, 1.165) is 31.5 Å². The third kappa shape index (κ3) is 3.80. The fourth-order valence-corrected chi connectivity index (χ4v) is 4.64. The van der Waals surface area contributed by atoms with E-state index in [-0.39, 0.29) is 29.1 Å². The van der Waals surface area contributed by atoms with E-state index in [0.29, 0.717) is 17.4 Å². The number of nitrogens with zero attached hydrogens (tertiary/aromatic N) is 1. The molecule has 5 rings (SSSR count). The standard InChI is InChI=1S/C21H21F4N3O/c1-12(19(29)27-16-5-3-15(22)4-6-16)20-8-13(9-20)17(10-20)28-18-7-2-14(11-26-18)21(23,24)25/h2-7,11-13,17H,8-10H2,1H3,(H,26,28)(H,27,29). The van der Waals surface area contributed by atoms with Gasteiger partial charge in [0.15, 0.2) is 0 Å². The second kappa shape index (κ2) is 7.00. The van der Waals surface area contributed by atoms with Crippen LogP contribution < -0.4 is 10.6 Å². The average molecular weight is 407 g/mol. The van der Waals surface area contributed by atoms with E-state index < -0.39 is 11.7 Å². The van der Waals surface area contributed by atoms with Gasteiger partial charge in [-0.25, -0.2) is 9.37 Å². The maximum Gasteiger partial charge on any atom is 0.417 e. The van der Waals surface area contributed by atoms with Crippen molar-refractivity contribution in [3.8, 4) is 0 Å². The summed E-state index contributed by atoms with van der Waals surface area (Å²) in [6, 6.07) is 8.08. The van der Waals surface area contributed by atoms with E-state index in [1.165, 1.54) is 30.3 Å². The highest BCUT2D eigenvalue weighted by molar-refractivity contribution is 5.93. The summed E-state index contributed by atoms with van der Waals surface area (Å²) in [5.41, 5.74) is -0.350. The van der Waals surface area contributed by atoms with Crippen LogP contribution in [0.3, 0.4) is 0 Å². The first-order chi connectivity index (χ1) is 13.7. The maximum atomic E-state index is 13.0. The van der Waals surface area contributed by atoms with Crippen molar-refractivity contribution in [2.24, 2.45) is 17.3 Å². The van der Waals surface area contributed by atoms with Gasteiger partial charge in [-0.05, 0) is 67.0 Å². The van der Waals surface area contributed by atoms with Gasteiger partial charge in [-0.2, -0.15) is 13.2 Å². The number of rotatable bonds is 5. The Kier molecular flexibility index (Phi) is 4.75. The molecule has 2 N–H and O–H groups in total. The topological polar surface area (TPSA) is 54.0 Å². The highest BCUT2D eigenvalue weighted by atomic mass is 19.4. The Morgan fingerprint density at radius 1 is 1.14 bits per heavy atom. The average Bonchev–Trinajstić information content (AvgIpc) is 3.17. The zero-order chi connectivity index (χ0) is 20.8. The highest BCUT2D eigenvalue weighted by Crippen LogP contribution is 2.63. The van der Waals surface area contributed by atoms with Gasteiger partial charge >= 0.3 is 6.18 Å². The van der Waals surface area contributed by atoms with Crippen LogP contribution >= 0.6 is 0 Å².